The van der Waals surface area contributed by atoms with Crippen LogP contribution in [0.5, 0.6) is 0 Å². The SMILES string of the molecule is CNc1c(C(=N)C2CC2)c(C)cn1Sc1ccccc1. The average molecular weight is 285 g/mol. The Labute approximate surface area is 124 Å². The third-order valence-corrected chi connectivity index (χ3v) is 4.57. The van der Waals surface area contributed by atoms with E-state index in [4.69, 9.17) is 5.41 Å². The van der Waals surface area contributed by atoms with Crippen LogP contribution in [0.4, 0.5) is 5.82 Å². The maximum atomic E-state index is 8.36. The topological polar surface area (TPSA) is 40.8 Å². The second-order valence-corrected chi connectivity index (χ2v) is 6.25. The third kappa shape index (κ3) is 2.48. The van der Waals surface area contributed by atoms with Gasteiger partial charge in [0.25, 0.3) is 0 Å². The molecule has 0 unspecified atom stereocenters. The summed E-state index contributed by atoms with van der Waals surface area (Å²) >= 11 is 1.68. The summed E-state index contributed by atoms with van der Waals surface area (Å²) in [5.41, 5.74) is 3.05. The molecule has 1 aromatic carbocycles. The molecule has 1 saturated carbocycles. The normalized spacial score (nSPS) is 14.3. The van der Waals surface area contributed by atoms with Crippen LogP contribution in [-0.2, 0) is 0 Å². The lowest BCUT2D eigenvalue weighted by Crippen LogP contribution is -2.07. The zero-order valence-corrected chi connectivity index (χ0v) is 12.6. The van der Waals surface area contributed by atoms with E-state index in [-0.39, 0.29) is 0 Å². The molecule has 3 nitrogen and oxygen atoms in total. The van der Waals surface area contributed by atoms with E-state index >= 15 is 0 Å². The van der Waals surface area contributed by atoms with Gasteiger partial charge in [0.05, 0.1) is 0 Å². The molecule has 0 amide bonds. The first-order chi connectivity index (χ1) is 9.70. The highest BCUT2D eigenvalue weighted by molar-refractivity contribution is 7.98. The zero-order valence-electron chi connectivity index (χ0n) is 11.8. The Morgan fingerprint density at radius 2 is 2.00 bits per heavy atom. The lowest BCUT2D eigenvalue weighted by molar-refractivity contribution is 1.15. The van der Waals surface area contributed by atoms with Crippen molar-refractivity contribution in [1.82, 2.24) is 3.97 Å². The number of nitrogens with zero attached hydrogens (tertiary/aromatic N) is 1. The molecule has 0 saturated heterocycles. The van der Waals surface area contributed by atoms with Crippen molar-refractivity contribution in [2.75, 3.05) is 12.4 Å². The van der Waals surface area contributed by atoms with Crippen LogP contribution < -0.4 is 5.32 Å². The van der Waals surface area contributed by atoms with Gasteiger partial charge in [0.2, 0.25) is 0 Å². The van der Waals surface area contributed by atoms with Crippen LogP contribution in [0.3, 0.4) is 0 Å². The quantitative estimate of drug-likeness (QED) is 0.809. The standard InChI is InChI=1S/C16H19N3S/c1-11-10-19(20-13-6-4-3-5-7-13)16(18-2)14(11)15(17)12-8-9-12/h3-7,10,12,17-18H,8-9H2,1-2H3. The number of hydrogen-bond donors (Lipinski definition) is 2. The summed E-state index contributed by atoms with van der Waals surface area (Å²) in [7, 11) is 1.93. The van der Waals surface area contributed by atoms with Gasteiger partial charge in [-0.3, -0.25) is 3.97 Å². The number of rotatable bonds is 5. The molecule has 20 heavy (non-hydrogen) atoms. The van der Waals surface area contributed by atoms with Crippen LogP contribution in [0.2, 0.25) is 0 Å². The molecule has 0 aliphatic heterocycles. The number of hydrogen-bond acceptors (Lipinski definition) is 3. The molecule has 1 aliphatic carbocycles. The van der Waals surface area contributed by atoms with E-state index in [1.165, 1.54) is 23.3 Å². The van der Waals surface area contributed by atoms with E-state index in [0.717, 1.165) is 17.1 Å². The first kappa shape index (κ1) is 13.3. The number of nitrogens with one attached hydrogen (secondary N) is 2. The molecule has 0 atom stereocenters. The molecule has 1 aliphatic rings. The minimum absolute atomic E-state index is 0.471. The minimum Gasteiger partial charge on any atom is -0.373 e. The molecule has 1 fully saturated rings. The van der Waals surface area contributed by atoms with Crippen molar-refractivity contribution < 1.29 is 0 Å². The number of aromatic nitrogens is 1. The first-order valence-electron chi connectivity index (χ1n) is 6.92. The predicted molar refractivity (Wildman–Crippen MR) is 86.0 cm³/mol. The molecule has 2 N–H and O–H groups in total. The average Bonchev–Trinajstić information content (AvgIpc) is 3.24. The van der Waals surface area contributed by atoms with Gasteiger partial charge in [-0.2, -0.15) is 0 Å². The van der Waals surface area contributed by atoms with E-state index in [9.17, 15) is 0 Å². The van der Waals surface area contributed by atoms with Crippen LogP contribution in [0.15, 0.2) is 41.4 Å². The Balaban J connectivity index is 1.95. The fourth-order valence-electron chi connectivity index (χ4n) is 2.42. The van der Waals surface area contributed by atoms with Gasteiger partial charge in [0.15, 0.2) is 0 Å². The molecule has 1 heterocycles. The fourth-order valence-corrected chi connectivity index (χ4v) is 3.41. The Bertz CT molecular complexity index is 627. The molecule has 0 bridgehead atoms. The van der Waals surface area contributed by atoms with E-state index in [1.807, 2.05) is 25.2 Å². The molecule has 2 aromatic rings. The molecule has 104 valence electrons. The van der Waals surface area contributed by atoms with Crippen LogP contribution in [0.25, 0.3) is 0 Å². The van der Waals surface area contributed by atoms with E-state index < -0.39 is 0 Å². The van der Waals surface area contributed by atoms with Gasteiger partial charge in [0.1, 0.15) is 5.82 Å². The van der Waals surface area contributed by atoms with Crippen molar-refractivity contribution in [1.29, 1.82) is 5.41 Å². The maximum Gasteiger partial charge on any atom is 0.125 e. The number of aryl methyl sites for hydroxylation is 1. The fraction of sp³-hybridized carbons (Fsp3) is 0.312. The van der Waals surface area contributed by atoms with Gasteiger partial charge in [-0.05, 0) is 49.4 Å². The maximum absolute atomic E-state index is 8.36. The highest BCUT2D eigenvalue weighted by Gasteiger charge is 2.31. The van der Waals surface area contributed by atoms with E-state index in [2.05, 4.69) is 34.5 Å². The number of anilines is 1. The van der Waals surface area contributed by atoms with Crippen LogP contribution >= 0.6 is 11.9 Å². The summed E-state index contributed by atoms with van der Waals surface area (Å²) in [4.78, 5) is 1.20. The second kappa shape index (κ2) is 5.37. The van der Waals surface area contributed by atoms with Crippen LogP contribution in [-0.4, -0.2) is 16.7 Å². The smallest absolute Gasteiger partial charge is 0.125 e. The summed E-state index contributed by atoms with van der Waals surface area (Å²) in [5.74, 6) is 1.51. The Hall–Kier alpha value is -1.68. The monoisotopic (exact) mass is 285 g/mol. The van der Waals surface area contributed by atoms with E-state index in [1.54, 1.807) is 11.9 Å². The highest BCUT2D eigenvalue weighted by Crippen LogP contribution is 2.38. The van der Waals surface area contributed by atoms with Crippen molar-refractivity contribution in [2.45, 2.75) is 24.7 Å². The molecular weight excluding hydrogens is 266 g/mol. The third-order valence-electron chi connectivity index (χ3n) is 3.60. The number of benzene rings is 1. The summed E-state index contributed by atoms with van der Waals surface area (Å²) in [6.07, 6.45) is 4.45. The van der Waals surface area contributed by atoms with Gasteiger partial charge >= 0.3 is 0 Å². The van der Waals surface area contributed by atoms with Crippen LogP contribution in [0, 0.1) is 18.3 Å². The van der Waals surface area contributed by atoms with Gasteiger partial charge < -0.3 is 10.7 Å². The van der Waals surface area contributed by atoms with Gasteiger partial charge in [-0.15, -0.1) is 0 Å². The molecule has 1 aromatic heterocycles. The molecule has 0 spiro atoms. The molecule has 0 radical (unpaired) electrons. The summed E-state index contributed by atoms with van der Waals surface area (Å²) in [5, 5.41) is 11.6. The first-order valence-corrected chi connectivity index (χ1v) is 7.70. The molecular formula is C16H19N3S. The van der Waals surface area contributed by atoms with Gasteiger partial charge in [0, 0.05) is 35.3 Å². The Kier molecular flexibility index (Phi) is 3.57. The van der Waals surface area contributed by atoms with Crippen molar-refractivity contribution in [2.24, 2.45) is 5.92 Å². The Morgan fingerprint density at radius 1 is 1.30 bits per heavy atom. The largest absolute Gasteiger partial charge is 0.373 e. The summed E-state index contributed by atoms with van der Waals surface area (Å²) in [6.45, 7) is 2.09. The van der Waals surface area contributed by atoms with Crippen molar-refractivity contribution >= 4 is 23.5 Å². The van der Waals surface area contributed by atoms with Gasteiger partial charge in [-0.1, -0.05) is 18.2 Å². The van der Waals surface area contributed by atoms with Gasteiger partial charge in [-0.25, -0.2) is 0 Å². The predicted octanol–water partition coefficient (Wildman–Crippen LogP) is 4.17. The van der Waals surface area contributed by atoms with Crippen molar-refractivity contribution in [3.05, 3.63) is 47.7 Å². The molecule has 3 rings (SSSR count). The Morgan fingerprint density at radius 3 is 2.60 bits per heavy atom. The summed E-state index contributed by atoms with van der Waals surface area (Å²) < 4.78 is 2.14. The lowest BCUT2D eigenvalue weighted by atomic mass is 10.1. The zero-order chi connectivity index (χ0) is 14.1. The van der Waals surface area contributed by atoms with E-state index in [0.29, 0.717) is 5.92 Å². The van der Waals surface area contributed by atoms with Crippen LogP contribution in [0.1, 0.15) is 24.0 Å². The second-order valence-electron chi connectivity index (χ2n) is 5.20. The summed E-state index contributed by atoms with van der Waals surface area (Å²) in [6, 6.07) is 10.3. The van der Waals surface area contributed by atoms with Crippen molar-refractivity contribution in [3.63, 3.8) is 0 Å². The molecule has 4 heteroatoms. The minimum atomic E-state index is 0.471. The highest BCUT2D eigenvalue weighted by atomic mass is 32.2. The lowest BCUT2D eigenvalue weighted by Gasteiger charge is -2.10. The van der Waals surface area contributed by atoms with Crippen molar-refractivity contribution in [3.8, 4) is 0 Å².